The molecule has 1 atom stereocenters. The number of hydrogen-bond donors (Lipinski definition) is 3. The summed E-state index contributed by atoms with van der Waals surface area (Å²) in [6.45, 7) is 3.68. The fourth-order valence-corrected chi connectivity index (χ4v) is 1.45. The van der Waals surface area contributed by atoms with Crippen LogP contribution >= 0.6 is 12.4 Å². The Bertz CT molecular complexity index is 418. The lowest BCUT2D eigenvalue weighted by atomic mass is 10.1. The molecule has 0 heterocycles. The summed E-state index contributed by atoms with van der Waals surface area (Å²) in [6, 6.07) is 7.04. The summed E-state index contributed by atoms with van der Waals surface area (Å²) >= 11 is 0. The van der Waals surface area contributed by atoms with Gasteiger partial charge >= 0.3 is 0 Å². The van der Waals surface area contributed by atoms with Gasteiger partial charge in [-0.3, -0.25) is 9.59 Å². The molecule has 0 radical (unpaired) electrons. The van der Waals surface area contributed by atoms with Crippen molar-refractivity contribution in [3.05, 3.63) is 29.8 Å². The monoisotopic (exact) mass is 285 g/mol. The Morgan fingerprint density at radius 3 is 2.32 bits per heavy atom. The fraction of sp³-hybridized carbons (Fsp3) is 0.385. The highest BCUT2D eigenvalue weighted by Gasteiger charge is 2.05. The van der Waals surface area contributed by atoms with Crippen molar-refractivity contribution in [1.29, 1.82) is 0 Å². The van der Waals surface area contributed by atoms with Gasteiger partial charge in [-0.15, -0.1) is 12.4 Å². The van der Waals surface area contributed by atoms with Gasteiger partial charge in [0.2, 0.25) is 11.8 Å². The van der Waals surface area contributed by atoms with E-state index in [4.69, 9.17) is 5.73 Å². The maximum atomic E-state index is 11.2. The van der Waals surface area contributed by atoms with E-state index in [1.54, 1.807) is 6.92 Å². The average molecular weight is 286 g/mol. The van der Waals surface area contributed by atoms with Crippen molar-refractivity contribution in [1.82, 2.24) is 5.32 Å². The van der Waals surface area contributed by atoms with E-state index in [0.29, 0.717) is 6.54 Å². The van der Waals surface area contributed by atoms with Gasteiger partial charge in [-0.2, -0.15) is 0 Å². The van der Waals surface area contributed by atoms with Crippen LogP contribution in [0.15, 0.2) is 24.3 Å². The van der Waals surface area contributed by atoms with Crippen LogP contribution in [0, 0.1) is 0 Å². The molecule has 5 nitrogen and oxygen atoms in total. The highest BCUT2D eigenvalue weighted by Crippen LogP contribution is 2.09. The molecule has 0 spiro atoms. The summed E-state index contributed by atoms with van der Waals surface area (Å²) < 4.78 is 0. The number of hydrogen-bond acceptors (Lipinski definition) is 3. The Morgan fingerprint density at radius 1 is 1.26 bits per heavy atom. The molecule has 2 amide bonds. The highest BCUT2D eigenvalue weighted by molar-refractivity contribution is 5.88. The van der Waals surface area contributed by atoms with Gasteiger partial charge in [-0.05, 0) is 31.0 Å². The van der Waals surface area contributed by atoms with Gasteiger partial charge < -0.3 is 16.4 Å². The van der Waals surface area contributed by atoms with E-state index < -0.39 is 6.04 Å². The molecule has 0 fully saturated rings. The van der Waals surface area contributed by atoms with E-state index in [9.17, 15) is 9.59 Å². The first kappa shape index (κ1) is 17.4. The lowest BCUT2D eigenvalue weighted by Gasteiger charge is -2.08. The third-order valence-corrected chi connectivity index (χ3v) is 2.40. The van der Waals surface area contributed by atoms with Crippen molar-refractivity contribution in [2.24, 2.45) is 5.73 Å². The average Bonchev–Trinajstić information content (AvgIpc) is 2.30. The predicted molar refractivity (Wildman–Crippen MR) is 78.4 cm³/mol. The first-order chi connectivity index (χ1) is 8.49. The first-order valence-corrected chi connectivity index (χ1v) is 5.89. The van der Waals surface area contributed by atoms with Crippen LogP contribution in [0.25, 0.3) is 0 Å². The quantitative estimate of drug-likeness (QED) is 0.757. The summed E-state index contributed by atoms with van der Waals surface area (Å²) in [4.78, 5) is 22.1. The largest absolute Gasteiger partial charge is 0.354 e. The Hall–Kier alpha value is -1.59. The molecule has 1 rings (SSSR count). The van der Waals surface area contributed by atoms with Gasteiger partial charge in [-0.1, -0.05) is 12.1 Å². The van der Waals surface area contributed by atoms with Crippen LogP contribution in [-0.4, -0.2) is 24.4 Å². The lowest BCUT2D eigenvalue weighted by molar-refractivity contribution is -0.122. The number of nitrogens with one attached hydrogen (secondary N) is 2. The maximum Gasteiger partial charge on any atom is 0.236 e. The van der Waals surface area contributed by atoms with E-state index in [-0.39, 0.29) is 24.2 Å². The molecule has 0 aliphatic rings. The Kier molecular flexibility index (Phi) is 7.79. The maximum absolute atomic E-state index is 11.2. The van der Waals surface area contributed by atoms with Gasteiger partial charge in [-0.25, -0.2) is 0 Å². The van der Waals surface area contributed by atoms with Gasteiger partial charge in [0.05, 0.1) is 6.04 Å². The van der Waals surface area contributed by atoms with Crippen LogP contribution in [0.1, 0.15) is 19.4 Å². The van der Waals surface area contributed by atoms with Gasteiger partial charge in [0.1, 0.15) is 0 Å². The van der Waals surface area contributed by atoms with Gasteiger partial charge in [0.25, 0.3) is 0 Å². The molecule has 6 heteroatoms. The number of anilines is 1. The molecule has 0 aliphatic carbocycles. The Morgan fingerprint density at radius 2 is 1.84 bits per heavy atom. The molecule has 0 aromatic heterocycles. The normalized spacial score (nSPS) is 11.1. The van der Waals surface area contributed by atoms with Crippen LogP contribution < -0.4 is 16.4 Å². The van der Waals surface area contributed by atoms with Crippen LogP contribution in [0.2, 0.25) is 0 Å². The van der Waals surface area contributed by atoms with E-state index >= 15 is 0 Å². The minimum atomic E-state index is -0.479. The molecule has 19 heavy (non-hydrogen) atoms. The first-order valence-electron chi connectivity index (χ1n) is 5.89. The van der Waals surface area contributed by atoms with E-state index in [0.717, 1.165) is 17.7 Å². The zero-order chi connectivity index (χ0) is 13.5. The highest BCUT2D eigenvalue weighted by atomic mass is 35.5. The molecule has 106 valence electrons. The van der Waals surface area contributed by atoms with Crippen molar-refractivity contribution in [2.75, 3.05) is 11.9 Å². The summed E-state index contributed by atoms with van der Waals surface area (Å²) in [5, 5.41) is 5.44. The van der Waals surface area contributed by atoms with E-state index in [1.165, 1.54) is 6.92 Å². The second kappa shape index (κ2) is 8.50. The van der Waals surface area contributed by atoms with Crippen LogP contribution in [0.3, 0.4) is 0 Å². The smallest absolute Gasteiger partial charge is 0.236 e. The summed E-state index contributed by atoms with van der Waals surface area (Å²) in [5.74, 6) is -0.239. The number of rotatable bonds is 5. The second-order valence-electron chi connectivity index (χ2n) is 4.21. The van der Waals surface area contributed by atoms with Gasteiger partial charge in [0, 0.05) is 19.2 Å². The fourth-order valence-electron chi connectivity index (χ4n) is 1.45. The van der Waals surface area contributed by atoms with Crippen molar-refractivity contribution < 1.29 is 9.59 Å². The molecule has 1 aromatic carbocycles. The SMILES string of the molecule is CC(=O)Nc1ccc(CCNC(=O)[C@@H](C)N)cc1.Cl. The molecule has 0 saturated heterocycles. The number of halogens is 1. The van der Waals surface area contributed by atoms with Crippen molar-refractivity contribution in [2.45, 2.75) is 26.3 Å². The summed E-state index contributed by atoms with van der Waals surface area (Å²) in [6.07, 6.45) is 0.735. The van der Waals surface area contributed by atoms with Crippen molar-refractivity contribution in [3.63, 3.8) is 0 Å². The second-order valence-corrected chi connectivity index (χ2v) is 4.21. The number of nitrogens with two attached hydrogens (primary N) is 1. The van der Waals surface area contributed by atoms with E-state index in [2.05, 4.69) is 10.6 Å². The number of carbonyl (C=O) groups is 2. The molecular formula is C13H20ClN3O2. The van der Waals surface area contributed by atoms with Crippen LogP contribution in [-0.2, 0) is 16.0 Å². The molecule has 1 aromatic rings. The van der Waals surface area contributed by atoms with Gasteiger partial charge in [0.15, 0.2) is 0 Å². The van der Waals surface area contributed by atoms with Crippen molar-refractivity contribution in [3.8, 4) is 0 Å². The number of amides is 2. The topological polar surface area (TPSA) is 84.2 Å². The molecule has 0 saturated carbocycles. The van der Waals surface area contributed by atoms with E-state index in [1.807, 2.05) is 24.3 Å². The molecule has 0 aliphatic heterocycles. The summed E-state index contributed by atoms with van der Waals surface area (Å²) in [5.41, 5.74) is 7.29. The summed E-state index contributed by atoms with van der Waals surface area (Å²) in [7, 11) is 0. The van der Waals surface area contributed by atoms with Crippen LogP contribution in [0.5, 0.6) is 0 Å². The Balaban J connectivity index is 0.00000324. The minimum Gasteiger partial charge on any atom is -0.354 e. The molecular weight excluding hydrogens is 266 g/mol. The lowest BCUT2D eigenvalue weighted by Crippen LogP contribution is -2.39. The third-order valence-electron chi connectivity index (χ3n) is 2.40. The zero-order valence-corrected chi connectivity index (χ0v) is 11.9. The number of carbonyl (C=O) groups excluding carboxylic acids is 2. The molecule has 0 bridgehead atoms. The predicted octanol–water partition coefficient (Wildman–Crippen LogP) is 1.07. The zero-order valence-electron chi connectivity index (χ0n) is 11.1. The third kappa shape index (κ3) is 6.79. The standard InChI is InChI=1S/C13H19N3O2.ClH/c1-9(14)13(18)15-8-7-11-3-5-12(6-4-11)16-10(2)17;/h3-6,9H,7-8,14H2,1-2H3,(H,15,18)(H,16,17);1H/t9-;/m1./s1. The number of benzene rings is 1. The Labute approximate surface area is 119 Å². The van der Waals surface area contributed by atoms with Crippen LogP contribution in [0.4, 0.5) is 5.69 Å². The molecule has 0 unspecified atom stereocenters. The molecule has 4 N–H and O–H groups in total. The minimum absolute atomic E-state index is 0. The van der Waals surface area contributed by atoms with Crippen molar-refractivity contribution >= 4 is 29.9 Å².